The summed E-state index contributed by atoms with van der Waals surface area (Å²) < 4.78 is 1.86. The van der Waals surface area contributed by atoms with Crippen LogP contribution in [0.1, 0.15) is 28.8 Å². The molecule has 1 aromatic heterocycles. The Labute approximate surface area is 112 Å². The predicted octanol–water partition coefficient (Wildman–Crippen LogP) is 2.07. The largest absolute Gasteiger partial charge is 0.352 e. The zero-order valence-electron chi connectivity index (χ0n) is 10.7. The van der Waals surface area contributed by atoms with Gasteiger partial charge in [0.1, 0.15) is 0 Å². The Bertz CT molecular complexity index is 541. The second-order valence-electron chi connectivity index (χ2n) is 5.05. The maximum absolute atomic E-state index is 11.9. The van der Waals surface area contributed by atoms with Crippen LogP contribution in [0.15, 0.2) is 42.7 Å². The van der Waals surface area contributed by atoms with Gasteiger partial charge in [-0.1, -0.05) is 12.1 Å². The average Bonchev–Trinajstić information content (AvgIpc) is 3.13. The molecule has 1 aromatic carbocycles. The molecule has 1 fully saturated rings. The van der Waals surface area contributed by atoms with Gasteiger partial charge in [-0.2, -0.15) is 5.10 Å². The van der Waals surface area contributed by atoms with Gasteiger partial charge in [0.25, 0.3) is 5.91 Å². The first kappa shape index (κ1) is 12.0. The second kappa shape index (κ2) is 5.26. The van der Waals surface area contributed by atoms with Crippen LogP contribution >= 0.6 is 0 Å². The van der Waals surface area contributed by atoms with E-state index in [2.05, 4.69) is 10.4 Å². The molecule has 0 radical (unpaired) electrons. The number of benzene rings is 1. The maximum atomic E-state index is 11.9. The first-order valence-electron chi connectivity index (χ1n) is 6.66. The summed E-state index contributed by atoms with van der Waals surface area (Å²) in [5.74, 6) is 0.737. The standard InChI is InChI=1S/C15H17N3O/c19-15(16-10-12-2-3-12)14-6-4-13(5-7-14)11-18-9-1-8-17-18/h1,4-9,12H,2-3,10-11H2,(H,16,19). The van der Waals surface area contributed by atoms with Gasteiger partial charge in [-0.15, -0.1) is 0 Å². The number of nitrogens with one attached hydrogen (secondary N) is 1. The monoisotopic (exact) mass is 255 g/mol. The quantitative estimate of drug-likeness (QED) is 0.889. The van der Waals surface area contributed by atoms with Gasteiger partial charge in [0, 0.05) is 24.5 Å². The van der Waals surface area contributed by atoms with Crippen LogP contribution < -0.4 is 5.32 Å². The topological polar surface area (TPSA) is 46.9 Å². The Morgan fingerprint density at radius 3 is 2.74 bits per heavy atom. The van der Waals surface area contributed by atoms with Gasteiger partial charge in [0.05, 0.1) is 6.54 Å². The first-order chi connectivity index (χ1) is 9.31. The van der Waals surface area contributed by atoms with Crippen LogP contribution in [0.5, 0.6) is 0 Å². The molecule has 0 bridgehead atoms. The number of amides is 1. The molecule has 1 heterocycles. The summed E-state index contributed by atoms with van der Waals surface area (Å²) in [4.78, 5) is 11.9. The third-order valence-corrected chi connectivity index (χ3v) is 3.37. The lowest BCUT2D eigenvalue weighted by Crippen LogP contribution is -2.25. The molecular formula is C15H17N3O. The Kier molecular flexibility index (Phi) is 3.31. The van der Waals surface area contributed by atoms with E-state index in [0.29, 0.717) is 5.92 Å². The van der Waals surface area contributed by atoms with Crippen LogP contribution in [0.3, 0.4) is 0 Å². The molecule has 0 spiro atoms. The number of rotatable bonds is 5. The fourth-order valence-electron chi connectivity index (χ4n) is 2.00. The highest BCUT2D eigenvalue weighted by molar-refractivity contribution is 5.94. The van der Waals surface area contributed by atoms with Gasteiger partial charge in [0.2, 0.25) is 0 Å². The highest BCUT2D eigenvalue weighted by Crippen LogP contribution is 2.27. The van der Waals surface area contributed by atoms with E-state index in [1.807, 2.05) is 41.2 Å². The van der Waals surface area contributed by atoms with Crippen molar-refractivity contribution in [3.05, 3.63) is 53.9 Å². The Hall–Kier alpha value is -2.10. The molecule has 1 saturated carbocycles. The van der Waals surface area contributed by atoms with Crippen LogP contribution in [-0.4, -0.2) is 22.2 Å². The van der Waals surface area contributed by atoms with E-state index in [9.17, 15) is 4.79 Å². The summed E-state index contributed by atoms with van der Waals surface area (Å²) in [5, 5.41) is 7.13. The van der Waals surface area contributed by atoms with E-state index < -0.39 is 0 Å². The molecule has 1 N–H and O–H groups in total. The average molecular weight is 255 g/mol. The van der Waals surface area contributed by atoms with E-state index >= 15 is 0 Å². The van der Waals surface area contributed by atoms with E-state index in [0.717, 1.165) is 24.2 Å². The smallest absolute Gasteiger partial charge is 0.251 e. The fourth-order valence-corrected chi connectivity index (χ4v) is 2.00. The molecule has 2 aromatic rings. The van der Waals surface area contributed by atoms with Gasteiger partial charge in [0.15, 0.2) is 0 Å². The van der Waals surface area contributed by atoms with Crippen molar-refractivity contribution in [2.24, 2.45) is 5.92 Å². The van der Waals surface area contributed by atoms with Crippen molar-refractivity contribution in [3.63, 3.8) is 0 Å². The number of hydrogen-bond acceptors (Lipinski definition) is 2. The maximum Gasteiger partial charge on any atom is 0.251 e. The molecule has 1 aliphatic carbocycles. The molecule has 19 heavy (non-hydrogen) atoms. The minimum Gasteiger partial charge on any atom is -0.352 e. The summed E-state index contributed by atoms with van der Waals surface area (Å²) in [5.41, 5.74) is 1.87. The highest BCUT2D eigenvalue weighted by atomic mass is 16.1. The second-order valence-corrected chi connectivity index (χ2v) is 5.05. The molecule has 4 heteroatoms. The van der Waals surface area contributed by atoms with E-state index in [-0.39, 0.29) is 5.91 Å². The zero-order chi connectivity index (χ0) is 13.1. The van der Waals surface area contributed by atoms with Crippen LogP contribution in [-0.2, 0) is 6.54 Å². The van der Waals surface area contributed by atoms with Crippen molar-refractivity contribution in [3.8, 4) is 0 Å². The molecule has 0 saturated heterocycles. The molecule has 0 atom stereocenters. The Morgan fingerprint density at radius 1 is 1.32 bits per heavy atom. The molecular weight excluding hydrogens is 238 g/mol. The van der Waals surface area contributed by atoms with Crippen LogP contribution in [0, 0.1) is 5.92 Å². The lowest BCUT2D eigenvalue weighted by Gasteiger charge is -2.06. The van der Waals surface area contributed by atoms with Crippen LogP contribution in [0.2, 0.25) is 0 Å². The Morgan fingerprint density at radius 2 is 2.11 bits per heavy atom. The van der Waals surface area contributed by atoms with E-state index in [4.69, 9.17) is 0 Å². The lowest BCUT2D eigenvalue weighted by atomic mass is 10.1. The summed E-state index contributed by atoms with van der Waals surface area (Å²) in [6.07, 6.45) is 6.20. The van der Waals surface area contributed by atoms with Crippen molar-refractivity contribution in [2.75, 3.05) is 6.54 Å². The normalized spacial score (nSPS) is 14.3. The molecule has 4 nitrogen and oxygen atoms in total. The van der Waals surface area contributed by atoms with Crippen LogP contribution in [0.4, 0.5) is 0 Å². The van der Waals surface area contributed by atoms with Gasteiger partial charge < -0.3 is 5.32 Å². The highest BCUT2D eigenvalue weighted by Gasteiger charge is 2.21. The Balaban J connectivity index is 1.59. The number of carbonyl (C=O) groups is 1. The number of hydrogen-bond donors (Lipinski definition) is 1. The van der Waals surface area contributed by atoms with Gasteiger partial charge in [-0.25, -0.2) is 0 Å². The molecule has 1 amide bonds. The number of aromatic nitrogens is 2. The van der Waals surface area contributed by atoms with E-state index in [1.165, 1.54) is 12.8 Å². The predicted molar refractivity (Wildman–Crippen MR) is 72.8 cm³/mol. The molecule has 98 valence electrons. The summed E-state index contributed by atoms with van der Waals surface area (Å²) in [6.45, 7) is 1.55. The van der Waals surface area contributed by atoms with Gasteiger partial charge in [-0.05, 0) is 42.5 Å². The van der Waals surface area contributed by atoms with Crippen molar-refractivity contribution < 1.29 is 4.79 Å². The third kappa shape index (κ3) is 3.22. The fraction of sp³-hybridized carbons (Fsp3) is 0.333. The van der Waals surface area contributed by atoms with Crippen LogP contribution in [0.25, 0.3) is 0 Å². The van der Waals surface area contributed by atoms with Crippen molar-refractivity contribution in [1.82, 2.24) is 15.1 Å². The van der Waals surface area contributed by atoms with Gasteiger partial charge in [-0.3, -0.25) is 9.48 Å². The van der Waals surface area contributed by atoms with E-state index in [1.54, 1.807) is 6.20 Å². The third-order valence-electron chi connectivity index (χ3n) is 3.37. The van der Waals surface area contributed by atoms with Crippen molar-refractivity contribution in [1.29, 1.82) is 0 Å². The molecule has 3 rings (SSSR count). The van der Waals surface area contributed by atoms with Gasteiger partial charge >= 0.3 is 0 Å². The summed E-state index contributed by atoms with van der Waals surface area (Å²) in [7, 11) is 0. The molecule has 0 aliphatic heterocycles. The zero-order valence-corrected chi connectivity index (χ0v) is 10.7. The van der Waals surface area contributed by atoms with Crippen molar-refractivity contribution in [2.45, 2.75) is 19.4 Å². The SMILES string of the molecule is O=C(NCC1CC1)c1ccc(Cn2cccn2)cc1. The molecule has 1 aliphatic rings. The first-order valence-corrected chi connectivity index (χ1v) is 6.66. The molecule has 0 unspecified atom stereocenters. The number of nitrogens with zero attached hydrogens (tertiary/aromatic N) is 2. The lowest BCUT2D eigenvalue weighted by molar-refractivity contribution is 0.0952. The van der Waals surface area contributed by atoms with Crippen molar-refractivity contribution >= 4 is 5.91 Å². The summed E-state index contributed by atoms with van der Waals surface area (Å²) in [6, 6.07) is 9.61. The summed E-state index contributed by atoms with van der Waals surface area (Å²) >= 11 is 0. The number of carbonyl (C=O) groups excluding carboxylic acids is 1. The minimum atomic E-state index is 0.0255. The minimum absolute atomic E-state index is 0.0255.